The summed E-state index contributed by atoms with van der Waals surface area (Å²) in [6.07, 6.45) is 8.02. The fourth-order valence-corrected chi connectivity index (χ4v) is 4.11. The fourth-order valence-electron chi connectivity index (χ4n) is 4.11. The molecular formula is C21H25N3O3. The number of aromatic nitrogens is 2. The third kappa shape index (κ3) is 3.51. The minimum Gasteiger partial charge on any atom is -0.375 e. The highest BCUT2D eigenvalue weighted by molar-refractivity contribution is 5.94. The van der Waals surface area contributed by atoms with Crippen molar-refractivity contribution in [1.82, 2.24) is 14.7 Å². The third-order valence-electron chi connectivity index (χ3n) is 5.89. The first-order valence-electron chi connectivity index (χ1n) is 9.86. The molecule has 0 unspecified atom stereocenters. The van der Waals surface area contributed by atoms with Gasteiger partial charge in [0.05, 0.1) is 42.3 Å². The molecule has 3 heterocycles. The highest BCUT2D eigenvalue weighted by atomic mass is 16.6. The number of carbonyl (C=O) groups is 1. The van der Waals surface area contributed by atoms with E-state index < -0.39 is 0 Å². The van der Waals surface area contributed by atoms with Crippen LogP contribution in [0, 0.1) is 5.92 Å². The van der Waals surface area contributed by atoms with Gasteiger partial charge in [-0.1, -0.05) is 18.2 Å². The minimum atomic E-state index is -0.223. The Morgan fingerprint density at radius 2 is 2.15 bits per heavy atom. The summed E-state index contributed by atoms with van der Waals surface area (Å²) in [7, 11) is 0. The van der Waals surface area contributed by atoms with Gasteiger partial charge < -0.3 is 14.4 Å². The van der Waals surface area contributed by atoms with Gasteiger partial charge in [-0.2, -0.15) is 5.10 Å². The number of rotatable bonds is 5. The van der Waals surface area contributed by atoms with Crippen LogP contribution in [-0.4, -0.2) is 58.6 Å². The van der Waals surface area contributed by atoms with Gasteiger partial charge in [-0.3, -0.25) is 4.79 Å². The van der Waals surface area contributed by atoms with Crippen molar-refractivity contribution in [3.8, 4) is 5.69 Å². The van der Waals surface area contributed by atoms with Crippen molar-refractivity contribution < 1.29 is 14.3 Å². The van der Waals surface area contributed by atoms with E-state index in [1.54, 1.807) is 17.1 Å². The first-order valence-corrected chi connectivity index (χ1v) is 9.86. The highest BCUT2D eigenvalue weighted by Crippen LogP contribution is 2.38. The Kier molecular flexibility index (Phi) is 4.25. The molecule has 2 saturated heterocycles. The number of ether oxygens (including phenoxy) is 2. The maximum Gasteiger partial charge on any atom is 0.257 e. The molecule has 2 atom stereocenters. The first kappa shape index (κ1) is 17.0. The zero-order chi connectivity index (χ0) is 18.3. The Labute approximate surface area is 159 Å². The Bertz CT molecular complexity index is 817. The quantitative estimate of drug-likeness (QED) is 0.815. The van der Waals surface area contributed by atoms with Crippen LogP contribution in [0.15, 0.2) is 42.7 Å². The topological polar surface area (TPSA) is 56.6 Å². The van der Waals surface area contributed by atoms with E-state index in [0.717, 1.165) is 37.6 Å². The second-order valence-electron chi connectivity index (χ2n) is 8.08. The van der Waals surface area contributed by atoms with Gasteiger partial charge in [-0.05, 0) is 37.3 Å². The van der Waals surface area contributed by atoms with Crippen LogP contribution in [0.25, 0.3) is 5.69 Å². The number of hydrogen-bond donors (Lipinski definition) is 0. The van der Waals surface area contributed by atoms with Gasteiger partial charge in [0.25, 0.3) is 5.91 Å². The lowest BCUT2D eigenvalue weighted by Gasteiger charge is -2.23. The molecule has 1 saturated carbocycles. The molecular weight excluding hydrogens is 342 g/mol. The zero-order valence-electron chi connectivity index (χ0n) is 15.4. The molecule has 5 rings (SSSR count). The van der Waals surface area contributed by atoms with E-state index in [1.165, 1.54) is 12.8 Å². The molecule has 2 aliphatic heterocycles. The second kappa shape index (κ2) is 6.77. The molecule has 3 fully saturated rings. The average Bonchev–Trinajstić information content (AvgIpc) is 3.11. The molecule has 6 heteroatoms. The van der Waals surface area contributed by atoms with E-state index >= 15 is 0 Å². The molecule has 1 aromatic heterocycles. The van der Waals surface area contributed by atoms with E-state index in [2.05, 4.69) is 5.10 Å². The van der Waals surface area contributed by atoms with Crippen molar-refractivity contribution in [1.29, 1.82) is 0 Å². The van der Waals surface area contributed by atoms with Gasteiger partial charge in [-0.25, -0.2) is 4.68 Å². The number of likely N-dealkylation sites (tertiary alicyclic amines) is 1. The molecule has 1 aliphatic carbocycles. The van der Waals surface area contributed by atoms with Crippen LogP contribution >= 0.6 is 0 Å². The summed E-state index contributed by atoms with van der Waals surface area (Å²) in [5.41, 5.74) is 1.35. The number of carbonyl (C=O) groups excluding carboxylic acids is 1. The Morgan fingerprint density at radius 1 is 1.30 bits per heavy atom. The molecule has 1 spiro atoms. The van der Waals surface area contributed by atoms with Crippen molar-refractivity contribution >= 4 is 5.91 Å². The maximum atomic E-state index is 12.9. The lowest BCUT2D eigenvalue weighted by atomic mass is 9.98. The summed E-state index contributed by atoms with van der Waals surface area (Å²) in [5, 5.41) is 4.34. The van der Waals surface area contributed by atoms with Crippen LogP contribution in [0.1, 0.15) is 36.0 Å². The highest BCUT2D eigenvalue weighted by Gasteiger charge is 2.47. The summed E-state index contributed by atoms with van der Waals surface area (Å²) in [6, 6.07) is 9.83. The predicted octanol–water partition coefficient (Wildman–Crippen LogP) is 2.67. The summed E-state index contributed by atoms with van der Waals surface area (Å²) < 4.78 is 13.9. The molecule has 0 bridgehead atoms. The molecule has 1 amide bonds. The Morgan fingerprint density at radius 3 is 2.96 bits per heavy atom. The van der Waals surface area contributed by atoms with E-state index in [1.807, 2.05) is 35.2 Å². The number of para-hydroxylation sites is 1. The molecule has 3 aliphatic rings. The van der Waals surface area contributed by atoms with Gasteiger partial charge in [0.2, 0.25) is 0 Å². The smallest absolute Gasteiger partial charge is 0.257 e. The number of nitrogens with zero attached hydrogens (tertiary/aromatic N) is 3. The van der Waals surface area contributed by atoms with Crippen molar-refractivity contribution in [3.05, 3.63) is 48.3 Å². The standard InChI is InChI=1S/C21H25N3O3/c25-20(17-11-22-24(12-17)18-4-2-1-3-5-18)23-9-8-21(15-23)10-19(14-27-21)26-13-16-6-7-16/h1-5,11-12,16,19H,6-10,13-15H2/t19-,21-/m0/s1. The van der Waals surface area contributed by atoms with Crippen LogP contribution in [0.4, 0.5) is 0 Å². The van der Waals surface area contributed by atoms with Gasteiger partial charge in [-0.15, -0.1) is 0 Å². The lowest BCUT2D eigenvalue weighted by molar-refractivity contribution is 0.00157. The first-order chi connectivity index (χ1) is 13.2. The molecule has 6 nitrogen and oxygen atoms in total. The molecule has 1 aromatic carbocycles. The van der Waals surface area contributed by atoms with Gasteiger partial charge in [0.1, 0.15) is 0 Å². The molecule has 0 radical (unpaired) electrons. The lowest BCUT2D eigenvalue weighted by Crippen LogP contribution is -2.36. The predicted molar refractivity (Wildman–Crippen MR) is 99.8 cm³/mol. The van der Waals surface area contributed by atoms with E-state index in [0.29, 0.717) is 18.7 Å². The number of hydrogen-bond acceptors (Lipinski definition) is 4. The second-order valence-corrected chi connectivity index (χ2v) is 8.08. The zero-order valence-corrected chi connectivity index (χ0v) is 15.4. The van der Waals surface area contributed by atoms with Crippen LogP contribution in [-0.2, 0) is 9.47 Å². The summed E-state index contributed by atoms with van der Waals surface area (Å²) in [5.74, 6) is 0.796. The summed E-state index contributed by atoms with van der Waals surface area (Å²) in [4.78, 5) is 14.8. The van der Waals surface area contributed by atoms with Gasteiger partial charge in [0.15, 0.2) is 0 Å². The van der Waals surface area contributed by atoms with Crippen molar-refractivity contribution in [2.75, 3.05) is 26.3 Å². The average molecular weight is 367 g/mol. The van der Waals surface area contributed by atoms with Gasteiger partial charge >= 0.3 is 0 Å². The fraction of sp³-hybridized carbons (Fsp3) is 0.524. The van der Waals surface area contributed by atoms with Crippen LogP contribution in [0.5, 0.6) is 0 Å². The van der Waals surface area contributed by atoms with E-state index in [-0.39, 0.29) is 17.6 Å². The van der Waals surface area contributed by atoms with Crippen molar-refractivity contribution in [2.24, 2.45) is 5.92 Å². The molecule has 142 valence electrons. The van der Waals surface area contributed by atoms with Crippen molar-refractivity contribution in [2.45, 2.75) is 37.4 Å². The SMILES string of the molecule is O=C(c1cnn(-c2ccccc2)c1)N1CC[C@]2(C[C@H](OCC3CC3)CO2)C1. The van der Waals surface area contributed by atoms with E-state index in [4.69, 9.17) is 9.47 Å². The normalized spacial score (nSPS) is 27.6. The van der Waals surface area contributed by atoms with Gasteiger partial charge in [0, 0.05) is 25.8 Å². The van der Waals surface area contributed by atoms with Crippen LogP contribution in [0.2, 0.25) is 0 Å². The largest absolute Gasteiger partial charge is 0.375 e. The van der Waals surface area contributed by atoms with Crippen LogP contribution < -0.4 is 0 Å². The maximum absolute atomic E-state index is 12.9. The number of amides is 1. The van der Waals surface area contributed by atoms with E-state index in [9.17, 15) is 4.79 Å². The Balaban J connectivity index is 1.21. The molecule has 0 N–H and O–H groups in total. The Hall–Kier alpha value is -2.18. The van der Waals surface area contributed by atoms with Crippen molar-refractivity contribution in [3.63, 3.8) is 0 Å². The van der Waals surface area contributed by atoms with Crippen LogP contribution in [0.3, 0.4) is 0 Å². The number of benzene rings is 1. The monoisotopic (exact) mass is 367 g/mol. The molecule has 27 heavy (non-hydrogen) atoms. The molecule has 2 aromatic rings. The summed E-state index contributed by atoms with van der Waals surface area (Å²) in [6.45, 7) is 2.89. The summed E-state index contributed by atoms with van der Waals surface area (Å²) >= 11 is 0. The minimum absolute atomic E-state index is 0.0278. The third-order valence-corrected chi connectivity index (χ3v) is 5.89.